The molecule has 0 aromatic heterocycles. The van der Waals surface area contributed by atoms with Crippen molar-refractivity contribution in [1.29, 1.82) is 0 Å². The number of sulfonamides is 1. The monoisotopic (exact) mass is 396 g/mol. The van der Waals surface area contributed by atoms with Crippen LogP contribution in [0.15, 0.2) is 42.5 Å². The lowest BCUT2D eigenvalue weighted by molar-refractivity contribution is -0.116. The summed E-state index contributed by atoms with van der Waals surface area (Å²) < 4.78 is 31.1. The van der Waals surface area contributed by atoms with Gasteiger partial charge < -0.3 is 10.1 Å². The number of anilines is 2. The van der Waals surface area contributed by atoms with E-state index in [1.807, 2.05) is 0 Å². The fraction of sp³-hybridized carbons (Fsp3) is 0.278. The van der Waals surface area contributed by atoms with Gasteiger partial charge in [0.15, 0.2) is 0 Å². The van der Waals surface area contributed by atoms with Gasteiger partial charge in [-0.2, -0.15) is 0 Å². The van der Waals surface area contributed by atoms with Crippen molar-refractivity contribution in [2.24, 2.45) is 0 Å². The number of ether oxygens (including phenoxy) is 1. The second-order valence-electron chi connectivity index (χ2n) is 5.86. The van der Waals surface area contributed by atoms with Gasteiger partial charge in [-0.25, -0.2) is 8.42 Å². The minimum Gasteiger partial charge on any atom is -0.495 e. The molecule has 0 unspecified atom stereocenters. The zero-order chi connectivity index (χ0) is 19.5. The lowest BCUT2D eigenvalue weighted by Gasteiger charge is -2.29. The summed E-state index contributed by atoms with van der Waals surface area (Å²) in [6, 6.07) is 10.8. The van der Waals surface area contributed by atoms with Gasteiger partial charge in [-0.15, -0.1) is 0 Å². The van der Waals surface area contributed by atoms with Crippen molar-refractivity contribution >= 4 is 38.9 Å². The molecule has 2 aromatic carbocycles. The van der Waals surface area contributed by atoms with Gasteiger partial charge in [0.25, 0.3) is 0 Å². The normalized spacial score (nSPS) is 12.3. The first-order chi connectivity index (χ1) is 12.1. The largest absolute Gasteiger partial charge is 0.495 e. The number of rotatable bonds is 6. The minimum atomic E-state index is -3.73. The number of hydrogen-bond acceptors (Lipinski definition) is 4. The van der Waals surface area contributed by atoms with Crippen molar-refractivity contribution in [2.75, 3.05) is 23.0 Å². The standard InChI is InChI=1S/C18H21ClN2O4S/c1-12-9-10-14(19)11-16(12)21(26(4,23)24)13(2)18(22)20-15-7-5-6-8-17(15)25-3/h5-11,13H,1-4H3,(H,20,22)/t13-/m0/s1. The average molecular weight is 397 g/mol. The molecule has 0 aliphatic heterocycles. The van der Waals surface area contributed by atoms with Crippen molar-refractivity contribution < 1.29 is 17.9 Å². The Kier molecular flexibility index (Phi) is 6.15. The van der Waals surface area contributed by atoms with E-state index in [-0.39, 0.29) is 0 Å². The molecule has 26 heavy (non-hydrogen) atoms. The maximum Gasteiger partial charge on any atom is 0.248 e. The van der Waals surface area contributed by atoms with E-state index in [4.69, 9.17) is 16.3 Å². The third kappa shape index (κ3) is 4.47. The Bertz CT molecular complexity index is 915. The SMILES string of the molecule is COc1ccccc1NC(=O)[C@H](C)N(c1cc(Cl)ccc1C)S(C)(=O)=O. The van der Waals surface area contributed by atoms with Crippen molar-refractivity contribution in [1.82, 2.24) is 0 Å². The molecule has 0 radical (unpaired) electrons. The lowest BCUT2D eigenvalue weighted by Crippen LogP contribution is -2.45. The molecule has 0 fully saturated rings. The summed E-state index contributed by atoms with van der Waals surface area (Å²) in [5.74, 6) is -0.00260. The highest BCUT2D eigenvalue weighted by atomic mass is 35.5. The zero-order valence-electron chi connectivity index (χ0n) is 15.0. The molecule has 1 amide bonds. The first-order valence-electron chi connectivity index (χ1n) is 7.84. The van der Waals surface area contributed by atoms with Crippen LogP contribution in [-0.2, 0) is 14.8 Å². The molecule has 0 aliphatic rings. The molecule has 6 nitrogen and oxygen atoms in total. The highest BCUT2D eigenvalue weighted by Gasteiger charge is 2.30. The van der Waals surface area contributed by atoms with Gasteiger partial charge in [0.2, 0.25) is 15.9 Å². The number of nitrogens with zero attached hydrogens (tertiary/aromatic N) is 1. The number of amides is 1. The fourth-order valence-electron chi connectivity index (χ4n) is 2.59. The number of para-hydroxylation sites is 2. The van der Waals surface area contributed by atoms with Gasteiger partial charge in [0.1, 0.15) is 11.8 Å². The number of hydrogen-bond donors (Lipinski definition) is 1. The number of carbonyl (C=O) groups excluding carboxylic acids is 1. The molecule has 0 saturated heterocycles. The molecule has 140 valence electrons. The number of carbonyl (C=O) groups is 1. The fourth-order valence-corrected chi connectivity index (χ4v) is 3.98. The smallest absolute Gasteiger partial charge is 0.248 e. The molecule has 1 atom stereocenters. The van der Waals surface area contributed by atoms with Crippen molar-refractivity contribution in [3.8, 4) is 5.75 Å². The third-order valence-corrected chi connectivity index (χ3v) is 5.32. The average Bonchev–Trinajstić information content (AvgIpc) is 2.57. The first kappa shape index (κ1) is 20.1. The second kappa shape index (κ2) is 7.97. The van der Waals surface area contributed by atoms with Crippen LogP contribution < -0.4 is 14.4 Å². The van der Waals surface area contributed by atoms with E-state index in [0.717, 1.165) is 10.6 Å². The van der Waals surface area contributed by atoms with E-state index < -0.39 is 22.0 Å². The molecule has 0 aliphatic carbocycles. The minimum absolute atomic E-state index is 0.364. The third-order valence-electron chi connectivity index (χ3n) is 3.86. The first-order valence-corrected chi connectivity index (χ1v) is 10.1. The Morgan fingerprint density at radius 2 is 1.88 bits per heavy atom. The van der Waals surface area contributed by atoms with Gasteiger partial charge in [-0.3, -0.25) is 9.10 Å². The predicted octanol–water partition coefficient (Wildman–Crippen LogP) is 3.45. The molecule has 0 saturated carbocycles. The number of aryl methyl sites for hydroxylation is 1. The summed E-state index contributed by atoms with van der Waals surface area (Å²) in [4.78, 5) is 12.7. The van der Waals surface area contributed by atoms with E-state index >= 15 is 0 Å². The van der Waals surface area contributed by atoms with Crippen LogP contribution in [0.25, 0.3) is 0 Å². The quantitative estimate of drug-likeness (QED) is 0.811. The van der Waals surface area contributed by atoms with Crippen molar-refractivity contribution in [2.45, 2.75) is 19.9 Å². The Balaban J connectivity index is 2.40. The molecular formula is C18H21ClN2O4S. The highest BCUT2D eigenvalue weighted by Crippen LogP contribution is 2.29. The summed E-state index contributed by atoms with van der Waals surface area (Å²) in [6.45, 7) is 3.28. The predicted molar refractivity (Wildman–Crippen MR) is 105 cm³/mol. The number of halogens is 1. The highest BCUT2D eigenvalue weighted by molar-refractivity contribution is 7.92. The van der Waals surface area contributed by atoms with E-state index in [9.17, 15) is 13.2 Å². The van der Waals surface area contributed by atoms with Crippen LogP contribution in [0.4, 0.5) is 11.4 Å². The molecule has 0 bridgehead atoms. The number of methoxy groups -OCH3 is 1. The summed E-state index contributed by atoms with van der Waals surface area (Å²) in [5.41, 5.74) is 1.52. The Labute approximate surface area is 158 Å². The van der Waals surface area contributed by atoms with Gasteiger partial charge in [-0.1, -0.05) is 29.8 Å². The van der Waals surface area contributed by atoms with Gasteiger partial charge >= 0.3 is 0 Å². The van der Waals surface area contributed by atoms with Gasteiger partial charge in [0.05, 0.1) is 24.7 Å². The molecule has 1 N–H and O–H groups in total. The van der Waals surface area contributed by atoms with Crippen LogP contribution in [0.5, 0.6) is 5.75 Å². The Hall–Kier alpha value is -2.25. The zero-order valence-corrected chi connectivity index (χ0v) is 16.6. The van der Waals surface area contributed by atoms with Gasteiger partial charge in [0, 0.05) is 5.02 Å². The van der Waals surface area contributed by atoms with E-state index in [2.05, 4.69) is 5.32 Å². The number of nitrogens with one attached hydrogen (secondary N) is 1. The maximum atomic E-state index is 12.7. The van der Waals surface area contributed by atoms with E-state index in [0.29, 0.717) is 27.7 Å². The molecule has 2 rings (SSSR count). The summed E-state index contributed by atoms with van der Waals surface area (Å²) in [5, 5.41) is 3.10. The second-order valence-corrected chi connectivity index (χ2v) is 8.15. The summed E-state index contributed by atoms with van der Waals surface area (Å²) in [6.07, 6.45) is 1.06. The van der Waals surface area contributed by atoms with Crippen LogP contribution in [-0.4, -0.2) is 33.7 Å². The van der Waals surface area contributed by atoms with E-state index in [1.54, 1.807) is 43.3 Å². The molecule has 0 spiro atoms. The van der Waals surface area contributed by atoms with Crippen LogP contribution in [0.2, 0.25) is 5.02 Å². The van der Waals surface area contributed by atoms with Gasteiger partial charge in [-0.05, 0) is 43.7 Å². The van der Waals surface area contributed by atoms with Crippen LogP contribution in [0, 0.1) is 6.92 Å². The van der Waals surface area contributed by atoms with Crippen LogP contribution in [0.1, 0.15) is 12.5 Å². The molecular weight excluding hydrogens is 376 g/mol. The van der Waals surface area contributed by atoms with Crippen molar-refractivity contribution in [3.05, 3.63) is 53.1 Å². The van der Waals surface area contributed by atoms with Crippen LogP contribution in [0.3, 0.4) is 0 Å². The van der Waals surface area contributed by atoms with Crippen LogP contribution >= 0.6 is 11.6 Å². The molecule has 8 heteroatoms. The Morgan fingerprint density at radius 1 is 1.23 bits per heavy atom. The maximum absolute atomic E-state index is 12.7. The molecule has 2 aromatic rings. The molecule has 0 heterocycles. The Morgan fingerprint density at radius 3 is 2.50 bits per heavy atom. The number of benzene rings is 2. The topological polar surface area (TPSA) is 75.7 Å². The lowest BCUT2D eigenvalue weighted by atomic mass is 10.1. The van der Waals surface area contributed by atoms with Crippen molar-refractivity contribution in [3.63, 3.8) is 0 Å². The summed E-state index contributed by atoms with van der Waals surface area (Å²) in [7, 11) is -2.23. The van der Waals surface area contributed by atoms with E-state index in [1.165, 1.54) is 20.1 Å². The summed E-state index contributed by atoms with van der Waals surface area (Å²) >= 11 is 6.03.